The second-order valence-electron chi connectivity index (χ2n) is 35.5. The highest BCUT2D eigenvalue weighted by Gasteiger charge is 2.83. The molecular formula is C72H96N2O2. The first-order valence-corrected chi connectivity index (χ1v) is 34.0. The van der Waals surface area contributed by atoms with Gasteiger partial charge in [0, 0.05) is 5.41 Å². The van der Waals surface area contributed by atoms with E-state index in [2.05, 4.69) is 24.3 Å². The number of aromatic hydroxyl groups is 2. The molecule has 4 heteroatoms. The molecule has 24 bridgehead atoms. The summed E-state index contributed by atoms with van der Waals surface area (Å²) < 4.78 is 0. The number of hydrogen-bond donors (Lipinski definition) is 4. The normalized spacial score (nSPS) is 59.6. The molecule has 26 rings (SSSR count). The van der Waals surface area contributed by atoms with Gasteiger partial charge in [-0.2, -0.15) is 0 Å². The third-order valence-corrected chi connectivity index (χ3v) is 32.5. The Morgan fingerprint density at radius 2 is 0.645 bits per heavy atom. The molecule has 0 radical (unpaired) electrons. The van der Waals surface area contributed by atoms with Crippen molar-refractivity contribution < 1.29 is 10.2 Å². The number of phenolic OH excluding ortho intramolecular Hbond substituents is 2. The highest BCUT2D eigenvalue weighted by molar-refractivity contribution is 5.62. The number of anilines is 2. The fraction of sp³-hybridized carbons (Fsp3) is 0.833. The van der Waals surface area contributed by atoms with Crippen molar-refractivity contribution in [3.05, 3.63) is 47.5 Å². The summed E-state index contributed by atoms with van der Waals surface area (Å²) in [5, 5.41) is 22.7. The van der Waals surface area contributed by atoms with Gasteiger partial charge in [-0.25, -0.2) is 0 Å². The fourth-order valence-corrected chi connectivity index (χ4v) is 34.8. The molecule has 2 aromatic rings. The lowest BCUT2D eigenvalue weighted by Gasteiger charge is -2.84. The van der Waals surface area contributed by atoms with Crippen LogP contribution in [0.2, 0.25) is 0 Å². The van der Waals surface area contributed by atoms with E-state index in [1.54, 1.807) is 148 Å². The average Bonchev–Trinajstić information content (AvgIpc) is 2.67. The lowest BCUT2D eigenvalue weighted by Crippen LogP contribution is -2.77. The van der Waals surface area contributed by atoms with Crippen molar-refractivity contribution in [1.29, 1.82) is 0 Å². The van der Waals surface area contributed by atoms with Crippen LogP contribution < -0.4 is 11.5 Å². The van der Waals surface area contributed by atoms with Crippen LogP contribution in [0.4, 0.5) is 11.4 Å². The minimum absolute atomic E-state index is 0.0978. The van der Waals surface area contributed by atoms with Gasteiger partial charge < -0.3 is 21.7 Å². The fourth-order valence-electron chi connectivity index (χ4n) is 34.8. The first-order chi connectivity index (χ1) is 36.9. The maximum absolute atomic E-state index is 11.4. The molecule has 4 nitrogen and oxygen atoms in total. The molecule has 0 aromatic heterocycles. The molecule has 406 valence electrons. The molecule has 24 fully saturated rings. The zero-order valence-electron chi connectivity index (χ0n) is 46.6. The molecule has 0 spiro atoms. The Labute approximate surface area is 457 Å². The number of hydrogen-bond acceptors (Lipinski definition) is 4. The smallest absolute Gasteiger partial charge is 0.138 e. The van der Waals surface area contributed by atoms with E-state index in [0.717, 1.165) is 124 Å². The van der Waals surface area contributed by atoms with E-state index in [0.29, 0.717) is 39.0 Å². The summed E-state index contributed by atoms with van der Waals surface area (Å²) in [7, 11) is 0. The van der Waals surface area contributed by atoms with Gasteiger partial charge in [-0.1, -0.05) is 12.1 Å². The predicted molar refractivity (Wildman–Crippen MR) is 300 cm³/mol. The summed E-state index contributed by atoms with van der Waals surface area (Å²) >= 11 is 0. The van der Waals surface area contributed by atoms with Crippen molar-refractivity contribution in [1.82, 2.24) is 0 Å². The lowest BCUT2D eigenvalue weighted by atomic mass is 9.20. The largest absolute Gasteiger partial charge is 0.506 e. The molecule has 0 heterocycles. The van der Waals surface area contributed by atoms with Gasteiger partial charge in [-0.15, -0.1) is 0 Å². The molecule has 76 heavy (non-hydrogen) atoms. The SMILES string of the molecule is Nc1cc(C2(c3ccc(O)c(N)c3)C3CC4CC(C3)CC2(C23CC5CC(CC(C5)C2C25CC6CC(CC(C6)C2C26CC7CC(CC(C7)C2C27CC8CC(CC(C8)C2C28CC9CC(CC(C9)C2)C8)C7)C6)C5)C3)C4)ccc1O. The van der Waals surface area contributed by atoms with Crippen LogP contribution in [0, 0.1) is 163 Å². The summed E-state index contributed by atoms with van der Waals surface area (Å²) in [6.07, 6.45) is 48.6. The third-order valence-electron chi connectivity index (χ3n) is 32.5. The van der Waals surface area contributed by atoms with E-state index in [1.807, 2.05) is 12.1 Å². The van der Waals surface area contributed by atoms with E-state index >= 15 is 0 Å². The Balaban J connectivity index is 0.822. The van der Waals surface area contributed by atoms with Crippen LogP contribution in [-0.2, 0) is 5.41 Å². The Bertz CT molecular complexity index is 2670. The van der Waals surface area contributed by atoms with Crippen molar-refractivity contribution in [3.63, 3.8) is 0 Å². The van der Waals surface area contributed by atoms with Gasteiger partial charge in [0.2, 0.25) is 0 Å². The molecule has 6 N–H and O–H groups in total. The quantitative estimate of drug-likeness (QED) is 0.164. The van der Waals surface area contributed by atoms with Gasteiger partial charge in [-0.05, 0) is 397 Å². The van der Waals surface area contributed by atoms with Gasteiger partial charge >= 0.3 is 0 Å². The highest BCUT2D eigenvalue weighted by atomic mass is 16.3. The molecule has 0 saturated heterocycles. The average molecular weight is 1020 g/mol. The maximum atomic E-state index is 11.4. The van der Waals surface area contributed by atoms with E-state index in [1.165, 1.54) is 62.5 Å². The molecule has 24 aliphatic rings. The van der Waals surface area contributed by atoms with Crippen LogP contribution >= 0.6 is 0 Å². The Morgan fingerprint density at radius 3 is 1.04 bits per heavy atom. The van der Waals surface area contributed by atoms with Crippen LogP contribution in [-0.4, -0.2) is 10.2 Å². The zero-order chi connectivity index (χ0) is 49.8. The topological polar surface area (TPSA) is 92.5 Å². The van der Waals surface area contributed by atoms with Crippen molar-refractivity contribution in [3.8, 4) is 11.5 Å². The van der Waals surface area contributed by atoms with Crippen molar-refractivity contribution >= 4 is 11.4 Å². The summed E-state index contributed by atoms with van der Waals surface area (Å²) in [4.78, 5) is 0. The molecular weight excluding hydrogens is 925 g/mol. The molecule has 0 amide bonds. The summed E-state index contributed by atoms with van der Waals surface area (Å²) in [5.41, 5.74) is 20.5. The Morgan fingerprint density at radius 1 is 0.329 bits per heavy atom. The van der Waals surface area contributed by atoms with Crippen LogP contribution in [0.5, 0.6) is 11.5 Å². The minimum Gasteiger partial charge on any atom is -0.506 e. The number of rotatable bonds is 7. The van der Waals surface area contributed by atoms with E-state index in [-0.39, 0.29) is 27.7 Å². The van der Waals surface area contributed by atoms with Crippen LogP contribution in [0.1, 0.15) is 210 Å². The summed E-state index contributed by atoms with van der Waals surface area (Å²) in [6, 6.07) is 13.4. The lowest BCUT2D eigenvalue weighted by molar-refractivity contribution is -0.342. The van der Waals surface area contributed by atoms with Gasteiger partial charge in [0.15, 0.2) is 0 Å². The highest BCUT2D eigenvalue weighted by Crippen LogP contribution is 2.90. The van der Waals surface area contributed by atoms with Gasteiger partial charge in [0.25, 0.3) is 0 Å². The maximum Gasteiger partial charge on any atom is 0.138 e. The van der Waals surface area contributed by atoms with E-state index in [4.69, 9.17) is 11.5 Å². The van der Waals surface area contributed by atoms with Crippen LogP contribution in [0.3, 0.4) is 0 Å². The molecule has 0 aliphatic heterocycles. The van der Waals surface area contributed by atoms with Crippen LogP contribution in [0.25, 0.3) is 0 Å². The number of nitrogens with two attached hydrogens (primary N) is 2. The number of benzene rings is 2. The molecule has 24 aliphatic carbocycles. The summed E-state index contributed by atoms with van der Waals surface area (Å²) in [5.74, 6) is 21.4. The third kappa shape index (κ3) is 5.26. The molecule has 2 aromatic carbocycles. The van der Waals surface area contributed by atoms with Crippen molar-refractivity contribution in [2.45, 2.75) is 204 Å². The Kier molecular flexibility index (Phi) is 8.61. The first-order valence-electron chi connectivity index (χ1n) is 34.0. The summed E-state index contributed by atoms with van der Waals surface area (Å²) in [6.45, 7) is 0. The van der Waals surface area contributed by atoms with E-state index < -0.39 is 0 Å². The monoisotopic (exact) mass is 1020 g/mol. The van der Waals surface area contributed by atoms with Gasteiger partial charge in [0.05, 0.1) is 11.4 Å². The predicted octanol–water partition coefficient (Wildman–Crippen LogP) is 16.4. The first kappa shape index (κ1) is 45.3. The second-order valence-corrected chi connectivity index (χ2v) is 35.5. The number of phenols is 2. The number of nitrogen functional groups attached to an aromatic ring is 2. The van der Waals surface area contributed by atoms with Crippen molar-refractivity contribution in [2.24, 2.45) is 163 Å². The molecule has 24 saturated carbocycles. The Hall–Kier alpha value is -2.36. The molecule has 14 unspecified atom stereocenters. The minimum atomic E-state index is -0.251. The second kappa shape index (κ2) is 14.4. The van der Waals surface area contributed by atoms with E-state index in [9.17, 15) is 10.2 Å². The van der Waals surface area contributed by atoms with Crippen LogP contribution in [0.15, 0.2) is 36.4 Å². The van der Waals surface area contributed by atoms with Gasteiger partial charge in [-0.3, -0.25) is 0 Å². The van der Waals surface area contributed by atoms with Gasteiger partial charge in [0.1, 0.15) is 11.5 Å². The zero-order valence-corrected chi connectivity index (χ0v) is 46.6. The standard InChI is InChI=1S/C72H96N2O2/c73-58-23-55(1-3-60(58)75)72(56-2-4-61(76)59(74)24-56)57-21-49-12-50(22-57)37-71(72,36-49)70-34-47-11-48(35-70)20-54(19-47)65(70)69-32-45-10-46(33-69)18-53(17-45)64(69)68-30-43-9-44(31-68)16-52(15-43)63(68)67-28-41-8-42(29-67)14-51(13-41)62(67)66-25-38-5-39(26-66)7-40(6-38)27-66/h1-4,23-24,38-54,57,62-65,75-76H,5-22,25-37,73-74H2. The molecule has 14 atom stereocenters. The van der Waals surface area contributed by atoms with Crippen molar-refractivity contribution in [2.75, 3.05) is 11.5 Å².